The highest BCUT2D eigenvalue weighted by atomic mass is 32.1. The van der Waals surface area contributed by atoms with E-state index in [-0.39, 0.29) is 11.0 Å². The first-order valence-electron chi connectivity index (χ1n) is 8.58. The summed E-state index contributed by atoms with van der Waals surface area (Å²) in [6.07, 6.45) is 2.66. The number of nitrogens with one attached hydrogen (secondary N) is 1. The van der Waals surface area contributed by atoms with Gasteiger partial charge in [-0.3, -0.25) is 9.69 Å². The summed E-state index contributed by atoms with van der Waals surface area (Å²) in [5, 5.41) is 1.19. The monoisotopic (exact) mass is 354 g/mol. The summed E-state index contributed by atoms with van der Waals surface area (Å²) in [6.45, 7) is 8.65. The highest BCUT2D eigenvalue weighted by molar-refractivity contribution is 7.18. The van der Waals surface area contributed by atoms with Crippen molar-refractivity contribution < 1.29 is 0 Å². The molecule has 1 aliphatic rings. The number of nitrogens with zero attached hydrogens (tertiary/aromatic N) is 3. The Labute approximate surface area is 150 Å². The zero-order valence-corrected chi connectivity index (χ0v) is 15.6. The molecule has 130 valence electrons. The molecule has 4 rings (SSSR count). The Morgan fingerprint density at radius 3 is 2.96 bits per heavy atom. The standard InChI is InChI=1S/C19H22N4OS/c1-19(2,3)18-21-15-6-8-23(11-14(15)16(24)22-18)10-13-9-12-5-4-7-20-17(12)25-13/h4-5,7,9H,6,8,10-11H2,1-3H3,(H,21,22,24). The Kier molecular flexibility index (Phi) is 3.96. The number of hydrogen-bond acceptors (Lipinski definition) is 5. The third-order valence-electron chi connectivity index (χ3n) is 4.58. The maximum Gasteiger partial charge on any atom is 0.255 e. The van der Waals surface area contributed by atoms with Gasteiger partial charge >= 0.3 is 0 Å². The molecule has 0 atom stereocenters. The second-order valence-electron chi connectivity index (χ2n) is 7.66. The summed E-state index contributed by atoms with van der Waals surface area (Å²) in [4.78, 5) is 29.3. The third kappa shape index (κ3) is 3.24. The molecule has 4 heterocycles. The molecule has 0 unspecified atom stereocenters. The maximum absolute atomic E-state index is 12.5. The highest BCUT2D eigenvalue weighted by Crippen LogP contribution is 2.26. The summed E-state index contributed by atoms with van der Waals surface area (Å²) in [7, 11) is 0. The van der Waals surface area contributed by atoms with Crippen molar-refractivity contribution in [2.24, 2.45) is 0 Å². The molecule has 3 aromatic rings. The summed E-state index contributed by atoms with van der Waals surface area (Å²) in [5.41, 5.74) is 1.65. The molecular weight excluding hydrogens is 332 g/mol. The van der Waals surface area contributed by atoms with Crippen molar-refractivity contribution in [3.63, 3.8) is 0 Å². The minimum Gasteiger partial charge on any atom is -0.310 e. The topological polar surface area (TPSA) is 61.9 Å². The van der Waals surface area contributed by atoms with Crippen molar-refractivity contribution in [3.8, 4) is 0 Å². The van der Waals surface area contributed by atoms with E-state index in [4.69, 9.17) is 4.98 Å². The van der Waals surface area contributed by atoms with Crippen LogP contribution < -0.4 is 5.56 Å². The molecule has 5 nitrogen and oxygen atoms in total. The Bertz CT molecular complexity index is 950. The highest BCUT2D eigenvalue weighted by Gasteiger charge is 2.25. The van der Waals surface area contributed by atoms with Gasteiger partial charge in [0.25, 0.3) is 5.56 Å². The molecule has 1 N–H and O–H groups in total. The van der Waals surface area contributed by atoms with Crippen molar-refractivity contribution in [3.05, 3.63) is 56.7 Å². The molecule has 0 radical (unpaired) electrons. The van der Waals surface area contributed by atoms with Crippen molar-refractivity contribution in [1.82, 2.24) is 19.9 Å². The predicted molar refractivity (Wildman–Crippen MR) is 101 cm³/mol. The zero-order valence-electron chi connectivity index (χ0n) is 14.8. The smallest absolute Gasteiger partial charge is 0.255 e. The van der Waals surface area contributed by atoms with Crippen LogP contribution in [-0.4, -0.2) is 26.4 Å². The molecule has 0 saturated carbocycles. The van der Waals surface area contributed by atoms with E-state index in [9.17, 15) is 4.79 Å². The lowest BCUT2D eigenvalue weighted by Gasteiger charge is -2.28. The first-order chi connectivity index (χ1) is 11.9. The van der Waals surface area contributed by atoms with Crippen LogP contribution in [0.15, 0.2) is 29.2 Å². The van der Waals surface area contributed by atoms with Gasteiger partial charge in [0.2, 0.25) is 0 Å². The zero-order chi connectivity index (χ0) is 17.6. The molecule has 6 heteroatoms. The number of aromatic nitrogens is 3. The van der Waals surface area contributed by atoms with Gasteiger partial charge in [-0.1, -0.05) is 26.8 Å². The van der Waals surface area contributed by atoms with Crippen LogP contribution >= 0.6 is 11.3 Å². The van der Waals surface area contributed by atoms with Gasteiger partial charge < -0.3 is 4.98 Å². The molecule has 0 bridgehead atoms. The van der Waals surface area contributed by atoms with Gasteiger partial charge in [-0.25, -0.2) is 9.97 Å². The van der Waals surface area contributed by atoms with E-state index in [1.54, 1.807) is 11.3 Å². The molecule has 1 aliphatic heterocycles. The number of H-pyrrole nitrogens is 1. The van der Waals surface area contributed by atoms with Gasteiger partial charge in [-0.15, -0.1) is 11.3 Å². The lowest BCUT2D eigenvalue weighted by atomic mass is 9.95. The van der Waals surface area contributed by atoms with E-state index >= 15 is 0 Å². The molecule has 0 aromatic carbocycles. The van der Waals surface area contributed by atoms with Gasteiger partial charge in [0.15, 0.2) is 0 Å². The molecule has 25 heavy (non-hydrogen) atoms. The number of hydrogen-bond donors (Lipinski definition) is 1. The summed E-state index contributed by atoms with van der Waals surface area (Å²) in [6, 6.07) is 6.26. The van der Waals surface area contributed by atoms with Gasteiger partial charge in [-0.2, -0.15) is 0 Å². The normalized spacial score (nSPS) is 15.5. The van der Waals surface area contributed by atoms with Crippen LogP contribution in [0.25, 0.3) is 10.2 Å². The minimum absolute atomic E-state index is 0.0117. The SMILES string of the molecule is CC(C)(C)c1nc2c(c(=O)[nH]1)CN(Cc1cc3cccnc3s1)CC2. The second kappa shape index (κ2) is 6.04. The molecule has 0 amide bonds. The number of thiophene rings is 1. The number of fused-ring (bicyclic) bond motifs is 2. The largest absolute Gasteiger partial charge is 0.310 e. The van der Waals surface area contributed by atoms with Crippen LogP contribution in [0.4, 0.5) is 0 Å². The van der Waals surface area contributed by atoms with Crippen LogP contribution in [0.5, 0.6) is 0 Å². The van der Waals surface area contributed by atoms with Crippen molar-refractivity contribution in [2.45, 2.75) is 45.7 Å². The lowest BCUT2D eigenvalue weighted by Crippen LogP contribution is -2.36. The van der Waals surface area contributed by atoms with Crippen LogP contribution in [0.3, 0.4) is 0 Å². The average molecular weight is 354 g/mol. The molecule has 3 aromatic heterocycles. The summed E-state index contributed by atoms with van der Waals surface area (Å²) >= 11 is 1.73. The fraction of sp³-hybridized carbons (Fsp3) is 0.421. The Hall–Kier alpha value is -2.05. The van der Waals surface area contributed by atoms with E-state index in [1.165, 1.54) is 10.3 Å². The summed E-state index contributed by atoms with van der Waals surface area (Å²) < 4.78 is 0. The Balaban J connectivity index is 1.57. The quantitative estimate of drug-likeness (QED) is 0.767. The van der Waals surface area contributed by atoms with E-state index in [2.05, 4.69) is 47.8 Å². The number of rotatable bonds is 2. The van der Waals surface area contributed by atoms with Crippen LogP contribution in [0.1, 0.15) is 42.7 Å². The molecular formula is C19H22N4OS. The first kappa shape index (κ1) is 16.4. The van der Waals surface area contributed by atoms with Crippen molar-refractivity contribution >= 4 is 21.6 Å². The maximum atomic E-state index is 12.5. The average Bonchev–Trinajstić information content (AvgIpc) is 2.96. The van der Waals surface area contributed by atoms with E-state index in [0.29, 0.717) is 6.54 Å². The van der Waals surface area contributed by atoms with E-state index in [0.717, 1.165) is 41.4 Å². The fourth-order valence-corrected chi connectivity index (χ4v) is 4.23. The molecule has 0 saturated heterocycles. The van der Waals surface area contributed by atoms with Crippen molar-refractivity contribution in [1.29, 1.82) is 0 Å². The van der Waals surface area contributed by atoms with Crippen LogP contribution in [0.2, 0.25) is 0 Å². The number of aromatic amines is 1. The second-order valence-corrected chi connectivity index (χ2v) is 8.78. The predicted octanol–water partition coefficient (Wildman–Crippen LogP) is 3.24. The first-order valence-corrected chi connectivity index (χ1v) is 9.40. The molecule has 0 spiro atoms. The number of pyridine rings is 1. The fourth-order valence-electron chi connectivity index (χ4n) is 3.19. The van der Waals surface area contributed by atoms with E-state index in [1.807, 2.05) is 12.3 Å². The Morgan fingerprint density at radius 2 is 2.20 bits per heavy atom. The van der Waals surface area contributed by atoms with Gasteiger partial charge in [0.05, 0.1) is 11.3 Å². The van der Waals surface area contributed by atoms with Gasteiger partial charge in [0, 0.05) is 47.9 Å². The van der Waals surface area contributed by atoms with E-state index < -0.39 is 0 Å². The molecule has 0 aliphatic carbocycles. The summed E-state index contributed by atoms with van der Waals surface area (Å²) in [5.74, 6) is 0.778. The van der Waals surface area contributed by atoms with Gasteiger partial charge in [0.1, 0.15) is 10.7 Å². The lowest BCUT2D eigenvalue weighted by molar-refractivity contribution is 0.243. The third-order valence-corrected chi connectivity index (χ3v) is 5.63. The van der Waals surface area contributed by atoms with Gasteiger partial charge in [-0.05, 0) is 12.1 Å². The van der Waals surface area contributed by atoms with Crippen molar-refractivity contribution in [2.75, 3.05) is 6.54 Å². The van der Waals surface area contributed by atoms with Crippen LogP contribution in [0, 0.1) is 0 Å². The van der Waals surface area contributed by atoms with Crippen LogP contribution in [-0.2, 0) is 24.9 Å². The Morgan fingerprint density at radius 1 is 1.36 bits per heavy atom. The minimum atomic E-state index is -0.143. The molecule has 0 fully saturated rings.